The quantitative estimate of drug-likeness (QED) is 0.430. The van der Waals surface area contributed by atoms with Crippen LogP contribution in [0.4, 0.5) is 0 Å². The summed E-state index contributed by atoms with van der Waals surface area (Å²) in [6.07, 6.45) is 0. The van der Waals surface area contributed by atoms with E-state index in [1.807, 2.05) is 60.7 Å². The van der Waals surface area contributed by atoms with E-state index in [1.54, 1.807) is 6.07 Å². The molecule has 0 saturated carbocycles. The molecule has 3 aromatic carbocycles. The van der Waals surface area contributed by atoms with Gasteiger partial charge in [0.2, 0.25) is 10.0 Å². The van der Waals surface area contributed by atoms with Gasteiger partial charge in [-0.3, -0.25) is 0 Å². The Morgan fingerprint density at radius 3 is 2.14 bits per heavy atom. The average molecular weight is 531 g/mol. The lowest BCUT2D eigenvalue weighted by atomic mass is 10.1. The first-order chi connectivity index (χ1) is 17.2. The van der Waals surface area contributed by atoms with Crippen LogP contribution in [0, 0.1) is 0 Å². The number of hydrogen-bond donors (Lipinski definition) is 1. The van der Waals surface area contributed by atoms with E-state index < -0.39 is 31.9 Å². The second-order valence-corrected chi connectivity index (χ2v) is 12.7. The lowest BCUT2D eigenvalue weighted by molar-refractivity contribution is 0.285. The Bertz CT molecular complexity index is 1380. The number of ether oxygens (including phenoxy) is 2. The summed E-state index contributed by atoms with van der Waals surface area (Å²) >= 11 is 0. The molecule has 1 saturated heterocycles. The summed E-state index contributed by atoms with van der Waals surface area (Å²) in [4.78, 5) is -0.0774. The third kappa shape index (κ3) is 5.89. The molecule has 0 radical (unpaired) electrons. The zero-order valence-electron chi connectivity index (χ0n) is 20.2. The summed E-state index contributed by atoms with van der Waals surface area (Å²) in [5, 5.41) is 3.30. The largest absolute Gasteiger partial charge is 0.497 e. The second kappa shape index (κ2) is 11.0. The van der Waals surface area contributed by atoms with Gasteiger partial charge in [0, 0.05) is 25.2 Å². The molecule has 8 nitrogen and oxygen atoms in total. The van der Waals surface area contributed by atoms with Crippen LogP contribution in [0.3, 0.4) is 0 Å². The number of sulfone groups is 1. The van der Waals surface area contributed by atoms with E-state index >= 15 is 0 Å². The van der Waals surface area contributed by atoms with Gasteiger partial charge in [-0.05, 0) is 23.3 Å². The Kier molecular flexibility index (Phi) is 7.99. The van der Waals surface area contributed by atoms with Crippen molar-refractivity contribution in [1.29, 1.82) is 0 Å². The van der Waals surface area contributed by atoms with Crippen molar-refractivity contribution in [3.05, 3.63) is 90.0 Å². The Morgan fingerprint density at radius 2 is 1.53 bits per heavy atom. The van der Waals surface area contributed by atoms with Gasteiger partial charge in [0.1, 0.15) is 16.4 Å². The van der Waals surface area contributed by atoms with E-state index in [-0.39, 0.29) is 28.7 Å². The summed E-state index contributed by atoms with van der Waals surface area (Å²) in [7, 11) is -4.84. The number of rotatable bonds is 10. The third-order valence-corrected chi connectivity index (χ3v) is 9.85. The fourth-order valence-electron chi connectivity index (χ4n) is 4.41. The van der Waals surface area contributed by atoms with Crippen LogP contribution in [-0.4, -0.2) is 58.9 Å². The van der Waals surface area contributed by atoms with Gasteiger partial charge in [-0.15, -0.1) is 0 Å². The molecule has 0 aliphatic carbocycles. The van der Waals surface area contributed by atoms with Crippen molar-refractivity contribution in [2.45, 2.75) is 30.1 Å². The fraction of sp³-hybridized carbons (Fsp3) is 0.308. The van der Waals surface area contributed by atoms with Gasteiger partial charge in [0.25, 0.3) is 0 Å². The van der Waals surface area contributed by atoms with Crippen molar-refractivity contribution in [3.8, 4) is 11.5 Å². The lowest BCUT2D eigenvalue weighted by Crippen LogP contribution is -2.51. The molecule has 10 heteroatoms. The van der Waals surface area contributed by atoms with Crippen LogP contribution in [-0.2, 0) is 33.0 Å². The molecule has 1 aliphatic rings. The Morgan fingerprint density at radius 1 is 0.889 bits per heavy atom. The number of hydrogen-bond acceptors (Lipinski definition) is 7. The van der Waals surface area contributed by atoms with Crippen molar-refractivity contribution in [2.75, 3.05) is 25.7 Å². The zero-order chi connectivity index (χ0) is 25.8. The summed E-state index contributed by atoms with van der Waals surface area (Å²) in [6, 6.07) is 21.9. The number of nitrogens with one attached hydrogen (secondary N) is 1. The van der Waals surface area contributed by atoms with Crippen molar-refractivity contribution in [3.63, 3.8) is 0 Å². The third-order valence-electron chi connectivity index (χ3n) is 6.24. The first-order valence-electron chi connectivity index (χ1n) is 11.5. The van der Waals surface area contributed by atoms with Crippen LogP contribution in [0.15, 0.2) is 83.8 Å². The molecule has 1 heterocycles. The van der Waals surface area contributed by atoms with Crippen LogP contribution in [0.2, 0.25) is 0 Å². The molecule has 0 amide bonds. The maximum Gasteiger partial charge on any atom is 0.247 e. The predicted molar refractivity (Wildman–Crippen MR) is 138 cm³/mol. The van der Waals surface area contributed by atoms with Crippen molar-refractivity contribution < 1.29 is 26.3 Å². The summed E-state index contributed by atoms with van der Waals surface area (Å²) in [5.74, 6) is 0.0774. The van der Waals surface area contributed by atoms with Gasteiger partial charge in [0.15, 0.2) is 9.84 Å². The highest BCUT2D eigenvalue weighted by Gasteiger charge is 2.46. The SMILES string of the molecule is COc1ccc(OC)c(S(=O)(=O)N(Cc2ccccc2)[C@@H]2CS(=O)(=O)C[C@H]2NCc2ccccc2)c1. The normalized spacial score (nSPS) is 19.3. The minimum absolute atomic E-state index is 0.00718. The summed E-state index contributed by atoms with van der Waals surface area (Å²) < 4.78 is 65.9. The van der Waals surface area contributed by atoms with Crippen LogP contribution in [0.5, 0.6) is 11.5 Å². The molecule has 0 bridgehead atoms. The molecule has 1 fully saturated rings. The molecule has 0 unspecified atom stereocenters. The van der Waals surface area contributed by atoms with Crippen molar-refractivity contribution in [1.82, 2.24) is 9.62 Å². The van der Waals surface area contributed by atoms with E-state index in [0.29, 0.717) is 12.3 Å². The minimum atomic E-state index is -4.20. The minimum Gasteiger partial charge on any atom is -0.497 e. The molecule has 1 N–H and O–H groups in total. The lowest BCUT2D eigenvalue weighted by Gasteiger charge is -2.32. The molecule has 36 heavy (non-hydrogen) atoms. The first-order valence-corrected chi connectivity index (χ1v) is 14.7. The highest BCUT2D eigenvalue weighted by atomic mass is 32.2. The molecule has 3 aromatic rings. The molecule has 0 spiro atoms. The summed E-state index contributed by atoms with van der Waals surface area (Å²) in [5.41, 5.74) is 1.72. The van der Waals surface area contributed by atoms with Crippen LogP contribution >= 0.6 is 0 Å². The number of methoxy groups -OCH3 is 2. The van der Waals surface area contributed by atoms with E-state index in [4.69, 9.17) is 9.47 Å². The van der Waals surface area contributed by atoms with E-state index in [1.165, 1.54) is 30.7 Å². The van der Waals surface area contributed by atoms with Crippen LogP contribution in [0.1, 0.15) is 11.1 Å². The van der Waals surface area contributed by atoms with Gasteiger partial charge < -0.3 is 14.8 Å². The molecular weight excluding hydrogens is 500 g/mol. The average Bonchev–Trinajstić information content (AvgIpc) is 3.20. The fourth-order valence-corrected chi connectivity index (χ4v) is 8.28. The van der Waals surface area contributed by atoms with E-state index in [2.05, 4.69) is 5.32 Å². The van der Waals surface area contributed by atoms with Gasteiger partial charge >= 0.3 is 0 Å². The first kappa shape index (κ1) is 26.2. The Labute approximate surface area is 212 Å². The van der Waals surface area contributed by atoms with Gasteiger partial charge in [-0.2, -0.15) is 4.31 Å². The summed E-state index contributed by atoms with van der Waals surface area (Å²) in [6.45, 7) is 0.423. The number of sulfonamides is 1. The molecule has 4 rings (SSSR count). The van der Waals surface area contributed by atoms with E-state index in [9.17, 15) is 16.8 Å². The van der Waals surface area contributed by atoms with Crippen molar-refractivity contribution >= 4 is 19.9 Å². The van der Waals surface area contributed by atoms with E-state index in [0.717, 1.165) is 11.1 Å². The van der Waals surface area contributed by atoms with Gasteiger partial charge in [-0.1, -0.05) is 60.7 Å². The zero-order valence-corrected chi connectivity index (χ0v) is 21.8. The highest BCUT2D eigenvalue weighted by molar-refractivity contribution is 7.92. The number of nitrogens with zero attached hydrogens (tertiary/aromatic N) is 1. The van der Waals surface area contributed by atoms with Gasteiger partial charge in [0.05, 0.1) is 31.8 Å². The standard InChI is InChI=1S/C26H30N2O6S2/c1-33-22-13-14-25(34-2)26(15-22)36(31,32)28(17-21-11-7-4-8-12-21)24-19-35(29,30)18-23(24)27-16-20-9-5-3-6-10-20/h3-15,23-24,27H,16-19H2,1-2H3/t23-,24-/m1/s1. The monoisotopic (exact) mass is 530 g/mol. The molecule has 1 aliphatic heterocycles. The molecule has 2 atom stereocenters. The maximum atomic E-state index is 14.2. The van der Waals surface area contributed by atoms with Crippen LogP contribution < -0.4 is 14.8 Å². The van der Waals surface area contributed by atoms with Crippen LogP contribution in [0.25, 0.3) is 0 Å². The predicted octanol–water partition coefficient (Wildman–Crippen LogP) is 2.85. The molecule has 0 aromatic heterocycles. The molecule has 192 valence electrons. The topological polar surface area (TPSA) is 102 Å². The van der Waals surface area contributed by atoms with Crippen molar-refractivity contribution in [2.24, 2.45) is 0 Å². The number of benzene rings is 3. The maximum absolute atomic E-state index is 14.2. The Hall–Kier alpha value is -2.92. The molecular formula is C26H30N2O6S2. The smallest absolute Gasteiger partial charge is 0.247 e. The Balaban J connectivity index is 1.76. The highest BCUT2D eigenvalue weighted by Crippen LogP contribution is 2.34. The second-order valence-electron chi connectivity index (χ2n) is 8.67. The van der Waals surface area contributed by atoms with Gasteiger partial charge in [-0.25, -0.2) is 16.8 Å².